The van der Waals surface area contributed by atoms with Gasteiger partial charge in [-0.2, -0.15) is 0 Å². The Kier molecular flexibility index (Phi) is 6.69. The van der Waals surface area contributed by atoms with Gasteiger partial charge in [0.2, 0.25) is 11.9 Å². The summed E-state index contributed by atoms with van der Waals surface area (Å²) < 4.78 is 0.626. The first-order chi connectivity index (χ1) is 16.6. The lowest BCUT2D eigenvalue weighted by Gasteiger charge is -2.32. The molecule has 8 heteroatoms. The van der Waals surface area contributed by atoms with Gasteiger partial charge in [-0.25, -0.2) is 4.98 Å². The van der Waals surface area contributed by atoms with Gasteiger partial charge in [0.1, 0.15) is 4.70 Å². The summed E-state index contributed by atoms with van der Waals surface area (Å²) in [5.41, 5.74) is 3.68. The van der Waals surface area contributed by atoms with Gasteiger partial charge in [-0.3, -0.25) is 14.6 Å². The number of nitrogens with one attached hydrogen (secondary N) is 2. The third-order valence-corrected chi connectivity index (χ3v) is 7.93. The van der Waals surface area contributed by atoms with Crippen molar-refractivity contribution in [3.05, 3.63) is 75.9 Å². The standard InChI is InChI=1S/C26H26N4O2S2/c1-33-20-11-9-17(10-12-20)14-27-24(31)19-8-5-13-30(15-19)26-28-22-21(18-6-3-2-4-7-18)16-34-23(22)25(32)29-26/h2-4,6-7,9-12,16,19H,5,8,13-15H2,1H3,(H,27,31)(H,28,29,32)/t19-/m0/s1. The molecule has 2 aromatic carbocycles. The highest BCUT2D eigenvalue weighted by atomic mass is 32.2. The van der Waals surface area contributed by atoms with Gasteiger partial charge >= 0.3 is 0 Å². The molecule has 5 rings (SSSR count). The number of rotatable bonds is 6. The minimum Gasteiger partial charge on any atom is -0.352 e. The Hall–Kier alpha value is -3.10. The molecule has 0 bridgehead atoms. The van der Waals surface area contributed by atoms with Gasteiger partial charge in [0.05, 0.1) is 11.4 Å². The van der Waals surface area contributed by atoms with E-state index >= 15 is 0 Å². The summed E-state index contributed by atoms with van der Waals surface area (Å²) in [6.07, 6.45) is 3.75. The molecule has 2 aromatic heterocycles. The first kappa shape index (κ1) is 22.7. The van der Waals surface area contributed by atoms with E-state index in [-0.39, 0.29) is 17.4 Å². The van der Waals surface area contributed by atoms with Crippen molar-refractivity contribution in [3.8, 4) is 11.1 Å². The van der Waals surface area contributed by atoms with Gasteiger partial charge in [0, 0.05) is 35.5 Å². The Balaban J connectivity index is 1.32. The van der Waals surface area contributed by atoms with E-state index in [4.69, 9.17) is 4.98 Å². The van der Waals surface area contributed by atoms with Gasteiger partial charge in [0.25, 0.3) is 5.56 Å². The fourth-order valence-corrected chi connectivity index (χ4v) is 5.67. The van der Waals surface area contributed by atoms with Crippen LogP contribution in [0, 0.1) is 5.92 Å². The summed E-state index contributed by atoms with van der Waals surface area (Å²) in [6, 6.07) is 18.2. The van der Waals surface area contributed by atoms with Crippen LogP contribution in [0.1, 0.15) is 18.4 Å². The second-order valence-corrected chi connectivity index (χ2v) is 10.2. The van der Waals surface area contributed by atoms with Crippen LogP contribution in [0.5, 0.6) is 0 Å². The molecule has 2 N–H and O–H groups in total. The van der Waals surface area contributed by atoms with Crippen molar-refractivity contribution < 1.29 is 4.79 Å². The van der Waals surface area contributed by atoms with E-state index in [2.05, 4.69) is 22.4 Å². The summed E-state index contributed by atoms with van der Waals surface area (Å²) in [4.78, 5) is 36.8. The lowest BCUT2D eigenvalue weighted by Crippen LogP contribution is -2.44. The molecule has 1 amide bonds. The average Bonchev–Trinajstić information content (AvgIpc) is 3.33. The molecule has 34 heavy (non-hydrogen) atoms. The van der Waals surface area contributed by atoms with Crippen LogP contribution in [0.25, 0.3) is 21.3 Å². The van der Waals surface area contributed by atoms with Crippen LogP contribution in [0.4, 0.5) is 5.95 Å². The Morgan fingerprint density at radius 2 is 2.00 bits per heavy atom. The number of aromatic amines is 1. The highest BCUT2D eigenvalue weighted by molar-refractivity contribution is 7.98. The number of thiophene rings is 1. The summed E-state index contributed by atoms with van der Waals surface area (Å²) >= 11 is 3.11. The molecule has 1 fully saturated rings. The maximum atomic E-state index is 12.9. The van der Waals surface area contributed by atoms with Gasteiger partial charge < -0.3 is 10.2 Å². The Morgan fingerprint density at radius 1 is 1.21 bits per heavy atom. The third-order valence-electron chi connectivity index (χ3n) is 6.22. The van der Waals surface area contributed by atoms with Crippen LogP contribution in [0.3, 0.4) is 0 Å². The first-order valence-corrected chi connectivity index (χ1v) is 13.5. The van der Waals surface area contributed by atoms with Crippen molar-refractivity contribution in [2.75, 3.05) is 24.2 Å². The molecular formula is C26H26N4O2S2. The number of anilines is 1. The zero-order valence-corrected chi connectivity index (χ0v) is 20.5. The molecule has 6 nitrogen and oxygen atoms in total. The maximum Gasteiger partial charge on any atom is 0.270 e. The number of H-pyrrole nitrogens is 1. The molecule has 1 atom stereocenters. The monoisotopic (exact) mass is 490 g/mol. The summed E-state index contributed by atoms with van der Waals surface area (Å²) in [5.74, 6) is 0.442. The molecule has 1 saturated heterocycles. The minimum atomic E-state index is -0.142. The van der Waals surface area contributed by atoms with E-state index < -0.39 is 0 Å². The summed E-state index contributed by atoms with van der Waals surface area (Å²) in [6.45, 7) is 1.82. The maximum absolute atomic E-state index is 12.9. The number of carbonyl (C=O) groups is 1. The summed E-state index contributed by atoms with van der Waals surface area (Å²) in [5, 5.41) is 5.07. The van der Waals surface area contributed by atoms with Crippen LogP contribution in [-0.4, -0.2) is 35.2 Å². The lowest BCUT2D eigenvalue weighted by molar-refractivity contribution is -0.125. The van der Waals surface area contributed by atoms with Gasteiger partial charge in [-0.05, 0) is 42.4 Å². The zero-order valence-electron chi connectivity index (χ0n) is 18.9. The number of nitrogens with zero attached hydrogens (tertiary/aromatic N) is 2. The lowest BCUT2D eigenvalue weighted by atomic mass is 9.97. The molecule has 0 saturated carbocycles. The number of hydrogen-bond donors (Lipinski definition) is 2. The highest BCUT2D eigenvalue weighted by Crippen LogP contribution is 2.32. The third kappa shape index (κ3) is 4.74. The molecule has 0 unspecified atom stereocenters. The van der Waals surface area contributed by atoms with E-state index in [9.17, 15) is 9.59 Å². The van der Waals surface area contributed by atoms with E-state index in [1.807, 2.05) is 59.0 Å². The Labute approximate surface area is 206 Å². The molecule has 3 heterocycles. The second-order valence-electron chi connectivity index (χ2n) is 8.43. The molecule has 1 aliphatic heterocycles. The predicted octanol–water partition coefficient (Wildman–Crippen LogP) is 4.91. The number of aromatic nitrogens is 2. The number of amides is 1. The average molecular weight is 491 g/mol. The fourth-order valence-electron chi connectivity index (χ4n) is 4.35. The number of fused-ring (bicyclic) bond motifs is 1. The van der Waals surface area contributed by atoms with Crippen molar-refractivity contribution in [2.24, 2.45) is 5.92 Å². The van der Waals surface area contributed by atoms with Crippen molar-refractivity contribution in [1.82, 2.24) is 15.3 Å². The van der Waals surface area contributed by atoms with Gasteiger partial charge in [-0.1, -0.05) is 42.5 Å². The largest absolute Gasteiger partial charge is 0.352 e. The number of carbonyl (C=O) groups excluding carboxylic acids is 1. The van der Waals surface area contributed by atoms with Gasteiger partial charge in [-0.15, -0.1) is 23.1 Å². The Bertz CT molecular complexity index is 1350. The number of hydrogen-bond acceptors (Lipinski definition) is 6. The molecule has 0 spiro atoms. The van der Waals surface area contributed by atoms with E-state index in [0.29, 0.717) is 23.7 Å². The molecular weight excluding hydrogens is 464 g/mol. The fraction of sp³-hybridized carbons (Fsp3) is 0.269. The van der Waals surface area contributed by atoms with Crippen LogP contribution in [0.15, 0.2) is 69.7 Å². The van der Waals surface area contributed by atoms with Gasteiger partial charge in [0.15, 0.2) is 0 Å². The molecule has 1 aliphatic rings. The smallest absolute Gasteiger partial charge is 0.270 e. The quantitative estimate of drug-likeness (QED) is 0.376. The predicted molar refractivity (Wildman–Crippen MR) is 141 cm³/mol. The first-order valence-electron chi connectivity index (χ1n) is 11.3. The summed E-state index contributed by atoms with van der Waals surface area (Å²) in [7, 11) is 0. The second kappa shape index (κ2) is 10.0. The number of piperidine rings is 1. The number of thioether (sulfide) groups is 1. The topological polar surface area (TPSA) is 78.1 Å². The number of benzene rings is 2. The van der Waals surface area contributed by atoms with Crippen molar-refractivity contribution in [1.29, 1.82) is 0 Å². The van der Waals surface area contributed by atoms with Crippen LogP contribution < -0.4 is 15.8 Å². The van der Waals surface area contributed by atoms with Crippen LogP contribution in [0.2, 0.25) is 0 Å². The highest BCUT2D eigenvalue weighted by Gasteiger charge is 2.27. The Morgan fingerprint density at radius 3 is 2.76 bits per heavy atom. The molecule has 0 aliphatic carbocycles. The SMILES string of the molecule is CSc1ccc(CNC(=O)[C@H]2CCCN(c3nc4c(-c5ccccc5)csc4c(=O)[nH]3)C2)cc1. The zero-order chi connectivity index (χ0) is 23.5. The van der Waals surface area contributed by atoms with Crippen molar-refractivity contribution in [2.45, 2.75) is 24.3 Å². The minimum absolute atomic E-state index is 0.0441. The van der Waals surface area contributed by atoms with E-state index in [1.54, 1.807) is 11.8 Å². The molecule has 4 aromatic rings. The van der Waals surface area contributed by atoms with Crippen molar-refractivity contribution in [3.63, 3.8) is 0 Å². The molecule has 174 valence electrons. The molecule has 0 radical (unpaired) electrons. The van der Waals surface area contributed by atoms with Crippen LogP contribution >= 0.6 is 23.1 Å². The van der Waals surface area contributed by atoms with Crippen molar-refractivity contribution >= 4 is 45.2 Å². The van der Waals surface area contributed by atoms with E-state index in [1.165, 1.54) is 16.2 Å². The normalized spacial score (nSPS) is 16.0. The van der Waals surface area contributed by atoms with Crippen LogP contribution in [-0.2, 0) is 11.3 Å². The van der Waals surface area contributed by atoms with E-state index in [0.717, 1.165) is 41.6 Å².